The highest BCUT2D eigenvalue weighted by Gasteiger charge is 2.29. The summed E-state index contributed by atoms with van der Waals surface area (Å²) in [6.07, 6.45) is 4.75. The zero-order valence-corrected chi connectivity index (χ0v) is 20.0. The van der Waals surface area contributed by atoms with Crippen LogP contribution in [0.2, 0.25) is 0 Å². The van der Waals surface area contributed by atoms with Gasteiger partial charge < -0.3 is 14.8 Å². The first-order valence-electron chi connectivity index (χ1n) is 10.7. The molecule has 170 valence electrons. The summed E-state index contributed by atoms with van der Waals surface area (Å²) in [5.41, 5.74) is 2.09. The Morgan fingerprint density at radius 3 is 2.61 bits per heavy atom. The molecule has 2 atom stereocenters. The van der Waals surface area contributed by atoms with Gasteiger partial charge >= 0.3 is 0 Å². The molecule has 2 unspecified atom stereocenters. The molecule has 0 spiro atoms. The fourth-order valence-electron chi connectivity index (χ4n) is 4.27. The molecule has 1 aliphatic heterocycles. The second-order valence-corrected chi connectivity index (χ2v) is 10.7. The van der Waals surface area contributed by atoms with E-state index in [1.807, 2.05) is 25.3 Å². The maximum Gasteiger partial charge on any atom is 0.263 e. The molecule has 0 saturated carbocycles. The van der Waals surface area contributed by atoms with Gasteiger partial charge in [-0.3, -0.25) is 4.79 Å². The number of H-pyrrole nitrogens is 1. The average Bonchev–Trinajstić information content (AvgIpc) is 3.26. The van der Waals surface area contributed by atoms with E-state index in [2.05, 4.69) is 46.3 Å². The Morgan fingerprint density at radius 1 is 1.23 bits per heavy atom. The summed E-state index contributed by atoms with van der Waals surface area (Å²) >= 11 is 0. The van der Waals surface area contributed by atoms with Crippen LogP contribution in [0.25, 0.3) is 17.1 Å². The highest BCUT2D eigenvalue weighted by molar-refractivity contribution is 5.85. The minimum Gasteiger partial charge on any atom is -0.334 e. The Kier molecular flexibility index (Phi) is 6.35. The molecule has 0 radical (unpaired) electrons. The largest absolute Gasteiger partial charge is 0.334 e. The molecule has 31 heavy (non-hydrogen) atoms. The summed E-state index contributed by atoms with van der Waals surface area (Å²) in [5.74, 6) is 1.27. The number of nitrogens with zero attached hydrogens (tertiary/aromatic N) is 4. The highest BCUT2D eigenvalue weighted by atomic mass is 35.5. The maximum absolute atomic E-state index is 12.5. The van der Waals surface area contributed by atoms with Gasteiger partial charge in [0.2, 0.25) is 0 Å². The summed E-state index contributed by atoms with van der Waals surface area (Å²) in [4.78, 5) is 20.0. The normalized spacial score (nSPS) is 20.1. The van der Waals surface area contributed by atoms with Crippen LogP contribution < -0.4 is 10.9 Å². The van der Waals surface area contributed by atoms with Gasteiger partial charge in [0, 0.05) is 23.4 Å². The number of fused-ring (bicyclic) bond motifs is 1. The lowest BCUT2D eigenvalue weighted by molar-refractivity contribution is 0.257. The maximum atomic E-state index is 12.5. The third-order valence-corrected chi connectivity index (χ3v) is 5.63. The van der Waals surface area contributed by atoms with E-state index < -0.39 is 0 Å². The molecule has 1 aliphatic rings. The Hall–Kier alpha value is -2.19. The van der Waals surface area contributed by atoms with Gasteiger partial charge in [-0.25, -0.2) is 4.52 Å². The third-order valence-electron chi connectivity index (χ3n) is 5.63. The van der Waals surface area contributed by atoms with Crippen LogP contribution in [-0.2, 0) is 5.41 Å². The lowest BCUT2D eigenvalue weighted by Crippen LogP contribution is -2.40. The summed E-state index contributed by atoms with van der Waals surface area (Å²) in [6, 6.07) is 2.11. The monoisotopic (exact) mass is 448 g/mol. The first-order valence-corrected chi connectivity index (χ1v) is 10.7. The van der Waals surface area contributed by atoms with Gasteiger partial charge in [0.15, 0.2) is 5.82 Å². The van der Waals surface area contributed by atoms with Crippen molar-refractivity contribution in [2.24, 2.45) is 5.41 Å². The van der Waals surface area contributed by atoms with Gasteiger partial charge in [-0.1, -0.05) is 46.7 Å². The van der Waals surface area contributed by atoms with Crippen LogP contribution >= 0.6 is 12.4 Å². The molecular formula is C22H33ClN6O2. The lowest BCUT2D eigenvalue weighted by atomic mass is 9.81. The molecule has 0 amide bonds. The van der Waals surface area contributed by atoms with Crippen molar-refractivity contribution in [3.63, 3.8) is 0 Å². The van der Waals surface area contributed by atoms with Gasteiger partial charge in [-0.05, 0) is 31.2 Å². The predicted octanol–water partition coefficient (Wildman–Crippen LogP) is 4.06. The van der Waals surface area contributed by atoms with Gasteiger partial charge in [0.05, 0.1) is 11.9 Å². The van der Waals surface area contributed by atoms with Crippen LogP contribution in [0.5, 0.6) is 0 Å². The topological polar surface area (TPSA) is 101 Å². The van der Waals surface area contributed by atoms with Gasteiger partial charge in [-0.15, -0.1) is 12.4 Å². The van der Waals surface area contributed by atoms with E-state index in [1.54, 1.807) is 12.3 Å². The number of aromatic nitrogens is 5. The molecule has 1 fully saturated rings. The standard InChI is InChI=1S/C22H32N6O2.ClH/c1-21(2,3)11-14-9-13(7-8-23-14)16-10-17(29)25-18-15(12-24-28(16)18)19-26-20(27-30-19)22(4,5)6;/h10,12-14,23H,7-9,11H2,1-6H3,(H,25,29);1H. The molecule has 4 rings (SSSR count). The van der Waals surface area contributed by atoms with E-state index in [0.29, 0.717) is 29.0 Å². The molecule has 8 nitrogen and oxygen atoms in total. The molecule has 0 aromatic carbocycles. The smallest absolute Gasteiger partial charge is 0.263 e. The first-order chi connectivity index (χ1) is 14.0. The third kappa shape index (κ3) is 5.01. The van der Waals surface area contributed by atoms with Gasteiger partial charge in [0.25, 0.3) is 11.4 Å². The number of rotatable bonds is 3. The molecule has 0 bridgehead atoms. The summed E-state index contributed by atoms with van der Waals surface area (Å²) in [5, 5.41) is 12.3. The molecule has 9 heteroatoms. The number of hydrogen-bond acceptors (Lipinski definition) is 6. The van der Waals surface area contributed by atoms with Crippen molar-refractivity contribution < 1.29 is 4.52 Å². The van der Waals surface area contributed by atoms with Crippen LogP contribution in [0.15, 0.2) is 21.6 Å². The number of halogens is 1. The van der Waals surface area contributed by atoms with Crippen LogP contribution in [0.1, 0.15) is 78.2 Å². The zero-order chi connectivity index (χ0) is 21.7. The molecule has 3 aromatic rings. The summed E-state index contributed by atoms with van der Waals surface area (Å²) in [6.45, 7) is 13.8. The SMILES string of the molecule is CC(C)(C)CC1CC(c2cc(=O)[nH]c3c(-c4nc(C(C)(C)C)no4)cnn23)CCN1.Cl. The molecule has 3 aromatic heterocycles. The average molecular weight is 449 g/mol. The fraction of sp³-hybridized carbons (Fsp3) is 0.636. The van der Waals surface area contributed by atoms with E-state index in [1.165, 1.54) is 0 Å². The van der Waals surface area contributed by atoms with E-state index in [0.717, 1.165) is 31.5 Å². The van der Waals surface area contributed by atoms with E-state index in [4.69, 9.17) is 4.52 Å². The minimum absolute atomic E-state index is 0. The lowest BCUT2D eigenvalue weighted by Gasteiger charge is -2.34. The first kappa shape index (κ1) is 23.5. The van der Waals surface area contributed by atoms with Gasteiger partial charge in [0.1, 0.15) is 11.2 Å². The van der Waals surface area contributed by atoms with Crippen LogP contribution in [0, 0.1) is 5.41 Å². The Labute approximate surface area is 188 Å². The van der Waals surface area contributed by atoms with E-state index >= 15 is 0 Å². The van der Waals surface area contributed by atoms with Gasteiger partial charge in [-0.2, -0.15) is 10.1 Å². The number of piperidine rings is 1. The molecule has 4 heterocycles. The van der Waals surface area contributed by atoms with Crippen molar-refractivity contribution in [3.8, 4) is 11.5 Å². The van der Waals surface area contributed by atoms with E-state index in [9.17, 15) is 4.79 Å². The predicted molar refractivity (Wildman–Crippen MR) is 123 cm³/mol. The quantitative estimate of drug-likeness (QED) is 0.626. The molecular weight excluding hydrogens is 416 g/mol. The summed E-state index contributed by atoms with van der Waals surface area (Å²) < 4.78 is 7.33. The molecule has 1 saturated heterocycles. The second kappa shape index (κ2) is 8.39. The Balaban J connectivity index is 0.00000272. The van der Waals surface area contributed by atoms with Crippen molar-refractivity contribution in [1.82, 2.24) is 30.1 Å². The number of hydrogen-bond donors (Lipinski definition) is 2. The molecule has 2 N–H and O–H groups in total. The number of aromatic amines is 1. The van der Waals surface area contributed by atoms with Crippen LogP contribution in [0.3, 0.4) is 0 Å². The van der Waals surface area contributed by atoms with Crippen molar-refractivity contribution >= 4 is 18.1 Å². The summed E-state index contributed by atoms with van der Waals surface area (Å²) in [7, 11) is 0. The highest BCUT2D eigenvalue weighted by Crippen LogP contribution is 2.33. The van der Waals surface area contributed by atoms with Crippen molar-refractivity contribution in [1.29, 1.82) is 0 Å². The van der Waals surface area contributed by atoms with Crippen LogP contribution in [-0.4, -0.2) is 37.3 Å². The minimum atomic E-state index is -0.222. The van der Waals surface area contributed by atoms with Crippen molar-refractivity contribution in [2.45, 2.75) is 78.2 Å². The van der Waals surface area contributed by atoms with Crippen molar-refractivity contribution in [3.05, 3.63) is 34.1 Å². The Bertz CT molecular complexity index is 1100. The number of nitrogens with one attached hydrogen (secondary N) is 2. The molecule has 0 aliphatic carbocycles. The Morgan fingerprint density at radius 2 is 1.97 bits per heavy atom. The zero-order valence-electron chi connectivity index (χ0n) is 19.2. The second-order valence-electron chi connectivity index (χ2n) is 10.7. The van der Waals surface area contributed by atoms with Crippen LogP contribution in [0.4, 0.5) is 0 Å². The van der Waals surface area contributed by atoms with E-state index in [-0.39, 0.29) is 34.7 Å². The fourth-order valence-corrected chi connectivity index (χ4v) is 4.27. The van der Waals surface area contributed by atoms with Crippen molar-refractivity contribution in [2.75, 3.05) is 6.54 Å².